The van der Waals surface area contributed by atoms with Crippen LogP contribution in [0.5, 0.6) is 17.2 Å². The topological polar surface area (TPSA) is 136 Å². The van der Waals surface area contributed by atoms with Crippen molar-refractivity contribution in [3.8, 4) is 28.4 Å². The van der Waals surface area contributed by atoms with Gasteiger partial charge in [-0.15, -0.1) is 0 Å². The van der Waals surface area contributed by atoms with Crippen LogP contribution in [0.2, 0.25) is 0 Å². The van der Waals surface area contributed by atoms with Crippen LogP contribution < -0.4 is 4.74 Å². The van der Waals surface area contributed by atoms with Crippen molar-refractivity contribution in [1.82, 2.24) is 0 Å². The lowest BCUT2D eigenvalue weighted by atomic mass is 9.77. The molecular weight excluding hydrogens is 877 g/mol. The highest BCUT2D eigenvalue weighted by Crippen LogP contribution is 2.44. The Morgan fingerprint density at radius 3 is 1.76 bits per heavy atom. The molecule has 1 atom stereocenters. The summed E-state index contributed by atoms with van der Waals surface area (Å²) in [6.07, 6.45) is 19.0. The van der Waals surface area contributed by atoms with Gasteiger partial charge in [0.2, 0.25) is 0 Å². The Morgan fingerprint density at radius 1 is 0.614 bits per heavy atom. The molecule has 2 saturated carbocycles. The maximum Gasteiger partial charge on any atom is 0.342 e. The molecule has 9 nitrogen and oxygen atoms in total. The molecule has 0 aromatic heterocycles. The van der Waals surface area contributed by atoms with E-state index in [4.69, 9.17) is 14.2 Å². The number of hydrogen-bond donors (Lipinski definition) is 2. The highest BCUT2D eigenvalue weighted by Gasteiger charge is 2.37. The van der Waals surface area contributed by atoms with E-state index in [-0.39, 0.29) is 40.2 Å². The van der Waals surface area contributed by atoms with Gasteiger partial charge in [0.05, 0.1) is 23.3 Å². The summed E-state index contributed by atoms with van der Waals surface area (Å²) >= 11 is 0. The SMILES string of the molecule is CCCCCC1CCC(COc2c(C)cc(-c3ccc4c(c3O)C(=O)c3ccc(C(=O)OCC(OC(=O)c5ccc(C6CCC(CCCCC)CC6)cc5)c5ccccc5)c(O)c3C4=O)cc2C)CC1. The second-order valence-electron chi connectivity index (χ2n) is 20.3. The predicted octanol–water partition coefficient (Wildman–Crippen LogP) is 14.5. The van der Waals surface area contributed by atoms with E-state index in [0.29, 0.717) is 40.7 Å². The molecule has 3 aliphatic carbocycles. The number of ketones is 2. The first kappa shape index (κ1) is 50.2. The van der Waals surface area contributed by atoms with Gasteiger partial charge in [0.15, 0.2) is 17.7 Å². The lowest BCUT2D eigenvalue weighted by Crippen LogP contribution is -2.23. The Morgan fingerprint density at radius 2 is 1.16 bits per heavy atom. The van der Waals surface area contributed by atoms with Crippen molar-refractivity contribution in [2.24, 2.45) is 17.8 Å². The van der Waals surface area contributed by atoms with Gasteiger partial charge in [-0.2, -0.15) is 0 Å². The van der Waals surface area contributed by atoms with Crippen molar-refractivity contribution >= 4 is 23.5 Å². The lowest BCUT2D eigenvalue weighted by molar-refractivity contribution is -0.00147. The molecule has 0 spiro atoms. The number of benzene rings is 5. The van der Waals surface area contributed by atoms with Crippen LogP contribution in [0, 0.1) is 31.6 Å². The zero-order valence-electron chi connectivity index (χ0n) is 41.5. The molecule has 3 aliphatic rings. The second kappa shape index (κ2) is 23.1. The van der Waals surface area contributed by atoms with Crippen LogP contribution >= 0.6 is 0 Å². The molecule has 2 N–H and O–H groups in total. The van der Waals surface area contributed by atoms with Crippen molar-refractivity contribution in [2.45, 2.75) is 142 Å². The summed E-state index contributed by atoms with van der Waals surface area (Å²) in [7, 11) is 0. The lowest BCUT2D eigenvalue weighted by Gasteiger charge is -2.29. The molecule has 0 saturated heterocycles. The molecule has 1 unspecified atom stereocenters. The zero-order chi connectivity index (χ0) is 49.3. The van der Waals surface area contributed by atoms with Crippen LogP contribution in [-0.2, 0) is 9.47 Å². The average molecular weight is 947 g/mol. The van der Waals surface area contributed by atoms with Gasteiger partial charge in [0, 0.05) is 16.7 Å². The van der Waals surface area contributed by atoms with Gasteiger partial charge in [0.25, 0.3) is 0 Å². The summed E-state index contributed by atoms with van der Waals surface area (Å²) in [6.45, 7) is 8.70. The molecule has 9 heteroatoms. The van der Waals surface area contributed by atoms with Crippen molar-refractivity contribution in [1.29, 1.82) is 0 Å². The molecule has 368 valence electrons. The van der Waals surface area contributed by atoms with E-state index in [9.17, 15) is 29.4 Å². The summed E-state index contributed by atoms with van der Waals surface area (Å²) < 4.78 is 18.1. The largest absolute Gasteiger partial charge is 0.507 e. The molecule has 8 rings (SSSR count). The fraction of sp³-hybridized carbons (Fsp3) is 0.443. The number of ether oxygens (including phenoxy) is 3. The van der Waals surface area contributed by atoms with Crippen LogP contribution in [0.4, 0.5) is 0 Å². The molecular formula is C61H70O9. The Hall–Kier alpha value is -6.22. The number of phenols is 2. The maximum absolute atomic E-state index is 14.1. The first-order valence-electron chi connectivity index (χ1n) is 26.0. The van der Waals surface area contributed by atoms with Crippen molar-refractivity contribution in [3.05, 3.63) is 147 Å². The predicted molar refractivity (Wildman–Crippen MR) is 273 cm³/mol. The summed E-state index contributed by atoms with van der Waals surface area (Å²) in [4.78, 5) is 55.5. The molecule has 5 aromatic carbocycles. The Balaban J connectivity index is 0.917. The van der Waals surface area contributed by atoms with Crippen LogP contribution in [0.3, 0.4) is 0 Å². The monoisotopic (exact) mass is 947 g/mol. The molecule has 0 amide bonds. The van der Waals surface area contributed by atoms with Crippen LogP contribution in [-0.4, -0.2) is 46.9 Å². The molecule has 0 heterocycles. The van der Waals surface area contributed by atoms with Gasteiger partial charge in [-0.3, -0.25) is 9.59 Å². The normalized spacial score (nSPS) is 19.2. The first-order valence-corrected chi connectivity index (χ1v) is 26.0. The minimum absolute atomic E-state index is 0.0951. The smallest absolute Gasteiger partial charge is 0.342 e. The summed E-state index contributed by atoms with van der Waals surface area (Å²) in [5, 5.41) is 23.2. The highest BCUT2D eigenvalue weighted by molar-refractivity contribution is 6.31. The Bertz CT molecular complexity index is 2630. The number of unbranched alkanes of at least 4 members (excludes halogenated alkanes) is 4. The average Bonchev–Trinajstić information content (AvgIpc) is 3.37. The minimum atomic E-state index is -0.988. The van der Waals surface area contributed by atoms with E-state index in [1.54, 1.807) is 42.5 Å². The minimum Gasteiger partial charge on any atom is -0.507 e. The number of fused-ring (bicyclic) bond motifs is 2. The van der Waals surface area contributed by atoms with Crippen molar-refractivity contribution in [3.63, 3.8) is 0 Å². The molecule has 2 fully saturated rings. The number of rotatable bonds is 19. The van der Waals surface area contributed by atoms with Gasteiger partial charge in [-0.1, -0.05) is 121 Å². The maximum atomic E-state index is 14.1. The molecule has 70 heavy (non-hydrogen) atoms. The Labute approximate surface area is 414 Å². The quantitative estimate of drug-likeness (QED) is 0.0601. The second-order valence-corrected chi connectivity index (χ2v) is 20.3. The summed E-state index contributed by atoms with van der Waals surface area (Å²) in [5.74, 6) is -0.553. The third-order valence-electron chi connectivity index (χ3n) is 15.4. The highest BCUT2D eigenvalue weighted by atomic mass is 16.6. The van der Waals surface area contributed by atoms with Gasteiger partial charge < -0.3 is 24.4 Å². The van der Waals surface area contributed by atoms with E-state index in [1.807, 2.05) is 44.2 Å². The molecule has 0 aliphatic heterocycles. The van der Waals surface area contributed by atoms with E-state index in [2.05, 4.69) is 13.8 Å². The van der Waals surface area contributed by atoms with E-state index in [1.165, 1.54) is 114 Å². The molecule has 0 bridgehead atoms. The third kappa shape index (κ3) is 11.4. The fourth-order valence-electron chi connectivity index (χ4n) is 11.2. The third-order valence-corrected chi connectivity index (χ3v) is 15.4. The Kier molecular flexibility index (Phi) is 16.6. The number of aryl methyl sites for hydroxylation is 2. The van der Waals surface area contributed by atoms with Crippen LogP contribution in [0.25, 0.3) is 11.1 Å². The number of esters is 2. The number of carbonyl (C=O) groups excluding carboxylic acids is 4. The molecule has 0 radical (unpaired) electrons. The molecule has 5 aromatic rings. The number of aromatic hydroxyl groups is 2. The zero-order valence-corrected chi connectivity index (χ0v) is 41.5. The standard InChI is InChI=1S/C61H70O9/c1-5-7-10-14-40-18-20-42(21-19-40)36-68-59-38(3)34-47(35-39(59)4)48-30-31-49-53(55(48)62)56(63)50-32-33-51(58(65)54(50)57(49)64)61(67)69-37-52(45-16-12-9-13-17-45)70-60(66)46-28-26-44(27-29-46)43-24-22-41(23-25-43)15-11-8-6-2/h9,12-13,16-17,26-35,40-43,52,62,65H,5-8,10-11,14-15,18-25,36-37H2,1-4H3. The van der Waals surface area contributed by atoms with E-state index >= 15 is 0 Å². The number of phenolic OH excluding ortho intramolecular Hbond substituents is 2. The van der Waals surface area contributed by atoms with Crippen LogP contribution in [0.15, 0.2) is 91.0 Å². The van der Waals surface area contributed by atoms with E-state index in [0.717, 1.165) is 41.6 Å². The van der Waals surface area contributed by atoms with Gasteiger partial charge in [-0.05, 0) is 152 Å². The number of carbonyl (C=O) groups is 4. The van der Waals surface area contributed by atoms with Crippen LogP contribution in [0.1, 0.15) is 203 Å². The van der Waals surface area contributed by atoms with Gasteiger partial charge in [0.1, 0.15) is 29.4 Å². The van der Waals surface area contributed by atoms with Gasteiger partial charge >= 0.3 is 11.9 Å². The summed E-state index contributed by atoms with van der Waals surface area (Å²) in [6, 6.07) is 25.9. The van der Waals surface area contributed by atoms with Gasteiger partial charge in [-0.25, -0.2) is 9.59 Å². The van der Waals surface area contributed by atoms with Crippen molar-refractivity contribution < 1.29 is 43.6 Å². The first-order chi connectivity index (χ1) is 33.9. The van der Waals surface area contributed by atoms with E-state index < -0.39 is 35.4 Å². The fourth-order valence-corrected chi connectivity index (χ4v) is 11.2. The summed E-state index contributed by atoms with van der Waals surface area (Å²) in [5.41, 5.74) is 3.93. The van der Waals surface area contributed by atoms with Crippen molar-refractivity contribution in [2.75, 3.05) is 13.2 Å². The number of hydrogen-bond acceptors (Lipinski definition) is 9.